The molecule has 1 heterocycles. The summed E-state index contributed by atoms with van der Waals surface area (Å²) in [6.07, 6.45) is 0.189. The van der Waals surface area contributed by atoms with E-state index in [1.54, 1.807) is 12.1 Å². The van der Waals surface area contributed by atoms with Crippen LogP contribution in [0.4, 0.5) is 4.39 Å². The molecular formula is C16H20FNO3. The lowest BCUT2D eigenvalue weighted by Crippen LogP contribution is -2.43. The highest BCUT2D eigenvalue weighted by atomic mass is 19.1. The minimum atomic E-state index is -0.348. The van der Waals surface area contributed by atoms with Gasteiger partial charge in [-0.1, -0.05) is 17.9 Å². The molecule has 114 valence electrons. The fourth-order valence-electron chi connectivity index (χ4n) is 2.27. The highest BCUT2D eigenvalue weighted by molar-refractivity contribution is 5.38. The standard InChI is InChI=1S/C16H20FNO3/c17-16-5-4-13(9-14(16)3-1-2-7-19)10-18-6-8-21-15(11-18)12-20/h4-5,9,15,19-20H,2,6-8,10-12H2. The largest absolute Gasteiger partial charge is 0.395 e. The van der Waals surface area contributed by atoms with Crippen molar-refractivity contribution in [3.8, 4) is 11.8 Å². The maximum absolute atomic E-state index is 13.7. The van der Waals surface area contributed by atoms with Crippen LogP contribution in [0.25, 0.3) is 0 Å². The van der Waals surface area contributed by atoms with Gasteiger partial charge < -0.3 is 14.9 Å². The summed E-state index contributed by atoms with van der Waals surface area (Å²) in [4.78, 5) is 2.17. The maximum Gasteiger partial charge on any atom is 0.138 e. The number of hydrogen-bond donors (Lipinski definition) is 2. The summed E-state index contributed by atoms with van der Waals surface area (Å²) in [5.74, 6) is 5.13. The van der Waals surface area contributed by atoms with E-state index in [0.29, 0.717) is 31.7 Å². The Labute approximate surface area is 124 Å². The van der Waals surface area contributed by atoms with Gasteiger partial charge in [-0.15, -0.1) is 0 Å². The molecule has 0 bridgehead atoms. The number of hydrogen-bond acceptors (Lipinski definition) is 4. The van der Waals surface area contributed by atoms with Crippen molar-refractivity contribution in [2.24, 2.45) is 0 Å². The molecular weight excluding hydrogens is 273 g/mol. The molecule has 0 saturated carbocycles. The Balaban J connectivity index is 2.03. The average molecular weight is 293 g/mol. The van der Waals surface area contributed by atoms with E-state index in [1.807, 2.05) is 0 Å². The normalized spacial score (nSPS) is 19.1. The van der Waals surface area contributed by atoms with E-state index in [9.17, 15) is 4.39 Å². The number of nitrogens with zero attached hydrogens (tertiary/aromatic N) is 1. The van der Waals surface area contributed by atoms with Crippen molar-refractivity contribution < 1.29 is 19.3 Å². The number of rotatable bonds is 4. The highest BCUT2D eigenvalue weighted by Crippen LogP contribution is 2.14. The van der Waals surface area contributed by atoms with Gasteiger partial charge in [-0.25, -0.2) is 4.39 Å². The van der Waals surface area contributed by atoms with Gasteiger partial charge in [0.2, 0.25) is 0 Å². The summed E-state index contributed by atoms with van der Waals surface area (Å²) in [5, 5.41) is 17.8. The van der Waals surface area contributed by atoms with Gasteiger partial charge in [0.25, 0.3) is 0 Å². The van der Waals surface area contributed by atoms with Gasteiger partial charge >= 0.3 is 0 Å². The van der Waals surface area contributed by atoms with Crippen LogP contribution in [0.3, 0.4) is 0 Å². The summed E-state index contributed by atoms with van der Waals surface area (Å²) in [6.45, 7) is 2.71. The molecule has 4 nitrogen and oxygen atoms in total. The smallest absolute Gasteiger partial charge is 0.138 e. The average Bonchev–Trinajstić information content (AvgIpc) is 2.51. The molecule has 1 atom stereocenters. The summed E-state index contributed by atoms with van der Waals surface area (Å²) < 4.78 is 19.1. The van der Waals surface area contributed by atoms with Crippen LogP contribution in [0, 0.1) is 17.7 Å². The van der Waals surface area contributed by atoms with Crippen molar-refractivity contribution in [2.45, 2.75) is 19.1 Å². The van der Waals surface area contributed by atoms with Crippen LogP contribution in [0.1, 0.15) is 17.5 Å². The summed E-state index contributed by atoms with van der Waals surface area (Å²) in [6, 6.07) is 4.90. The Morgan fingerprint density at radius 1 is 1.38 bits per heavy atom. The fraction of sp³-hybridized carbons (Fsp3) is 0.500. The van der Waals surface area contributed by atoms with Crippen molar-refractivity contribution in [3.05, 3.63) is 35.1 Å². The molecule has 1 aromatic carbocycles. The van der Waals surface area contributed by atoms with Gasteiger partial charge in [-0.2, -0.15) is 0 Å². The molecule has 21 heavy (non-hydrogen) atoms. The van der Waals surface area contributed by atoms with Crippen LogP contribution in [0.2, 0.25) is 0 Å². The maximum atomic E-state index is 13.7. The Morgan fingerprint density at radius 3 is 3.00 bits per heavy atom. The molecule has 1 aliphatic heterocycles. The molecule has 2 rings (SSSR count). The molecule has 1 saturated heterocycles. The van der Waals surface area contributed by atoms with E-state index in [2.05, 4.69) is 16.7 Å². The summed E-state index contributed by atoms with van der Waals surface area (Å²) in [7, 11) is 0. The Morgan fingerprint density at radius 2 is 2.24 bits per heavy atom. The molecule has 0 spiro atoms. The number of aliphatic hydroxyl groups excluding tert-OH is 2. The van der Waals surface area contributed by atoms with Gasteiger partial charge in [0, 0.05) is 26.1 Å². The Bertz CT molecular complexity index is 524. The van der Waals surface area contributed by atoms with Crippen LogP contribution >= 0.6 is 0 Å². The number of halogens is 1. The van der Waals surface area contributed by atoms with Crippen LogP contribution in [0.5, 0.6) is 0 Å². The number of ether oxygens (including phenoxy) is 1. The fourth-order valence-corrected chi connectivity index (χ4v) is 2.27. The third-order valence-electron chi connectivity index (χ3n) is 3.32. The lowest BCUT2D eigenvalue weighted by atomic mass is 10.1. The molecule has 0 aromatic heterocycles. The first kappa shape index (κ1) is 15.9. The predicted molar refractivity (Wildman–Crippen MR) is 77.1 cm³/mol. The summed E-state index contributed by atoms with van der Waals surface area (Å²) in [5.41, 5.74) is 1.33. The SMILES string of the molecule is OCCC#Cc1cc(CN2CCOC(CO)C2)ccc1F. The third-order valence-corrected chi connectivity index (χ3v) is 3.32. The van der Waals surface area contributed by atoms with Gasteiger partial charge in [-0.05, 0) is 17.7 Å². The molecule has 1 aromatic rings. The van der Waals surface area contributed by atoms with Crippen molar-refractivity contribution in [1.82, 2.24) is 4.90 Å². The zero-order chi connectivity index (χ0) is 15.1. The van der Waals surface area contributed by atoms with Crippen LogP contribution in [0.15, 0.2) is 18.2 Å². The predicted octanol–water partition coefficient (Wildman–Crippen LogP) is 0.753. The van der Waals surface area contributed by atoms with Crippen molar-refractivity contribution in [2.75, 3.05) is 32.9 Å². The van der Waals surface area contributed by atoms with E-state index in [-0.39, 0.29) is 25.1 Å². The quantitative estimate of drug-likeness (QED) is 0.805. The van der Waals surface area contributed by atoms with Gasteiger partial charge in [0.05, 0.1) is 31.5 Å². The second-order valence-corrected chi connectivity index (χ2v) is 5.00. The van der Waals surface area contributed by atoms with Crippen molar-refractivity contribution in [1.29, 1.82) is 0 Å². The first-order chi connectivity index (χ1) is 10.2. The zero-order valence-electron chi connectivity index (χ0n) is 11.9. The minimum absolute atomic E-state index is 0.0117. The van der Waals surface area contributed by atoms with Crippen molar-refractivity contribution >= 4 is 0 Å². The first-order valence-electron chi connectivity index (χ1n) is 7.06. The second kappa shape index (κ2) is 8.11. The molecule has 0 amide bonds. The van der Waals surface area contributed by atoms with E-state index in [4.69, 9.17) is 14.9 Å². The van der Waals surface area contributed by atoms with Gasteiger partial charge in [-0.3, -0.25) is 4.90 Å². The van der Waals surface area contributed by atoms with E-state index >= 15 is 0 Å². The lowest BCUT2D eigenvalue weighted by Gasteiger charge is -2.32. The number of benzene rings is 1. The van der Waals surface area contributed by atoms with Gasteiger partial charge in [0.15, 0.2) is 0 Å². The number of morpholine rings is 1. The molecule has 0 aliphatic carbocycles. The zero-order valence-corrected chi connectivity index (χ0v) is 11.9. The van der Waals surface area contributed by atoms with Gasteiger partial charge in [0.1, 0.15) is 5.82 Å². The number of aliphatic hydroxyl groups is 2. The third kappa shape index (κ3) is 4.80. The van der Waals surface area contributed by atoms with Crippen molar-refractivity contribution in [3.63, 3.8) is 0 Å². The Hall–Kier alpha value is -1.45. The lowest BCUT2D eigenvalue weighted by molar-refractivity contribution is -0.0551. The van der Waals surface area contributed by atoms with E-state index < -0.39 is 0 Å². The molecule has 5 heteroatoms. The second-order valence-electron chi connectivity index (χ2n) is 5.00. The highest BCUT2D eigenvalue weighted by Gasteiger charge is 2.19. The van der Waals surface area contributed by atoms with Crippen LogP contribution in [-0.4, -0.2) is 54.1 Å². The van der Waals surface area contributed by atoms with Crippen LogP contribution in [-0.2, 0) is 11.3 Å². The minimum Gasteiger partial charge on any atom is -0.395 e. The van der Waals surface area contributed by atoms with Crippen LogP contribution < -0.4 is 0 Å². The molecule has 1 unspecified atom stereocenters. The Kier molecular flexibility index (Phi) is 6.15. The summed E-state index contributed by atoms with van der Waals surface area (Å²) >= 11 is 0. The molecule has 0 radical (unpaired) electrons. The first-order valence-corrected chi connectivity index (χ1v) is 7.06. The molecule has 2 N–H and O–H groups in total. The van der Waals surface area contributed by atoms with E-state index in [1.165, 1.54) is 6.07 Å². The molecule has 1 aliphatic rings. The van der Waals surface area contributed by atoms with E-state index in [0.717, 1.165) is 12.1 Å². The monoisotopic (exact) mass is 293 g/mol. The topological polar surface area (TPSA) is 52.9 Å². The molecule has 1 fully saturated rings.